The van der Waals surface area contributed by atoms with Crippen LogP contribution in [0.15, 0.2) is 18.2 Å². The molecule has 1 saturated heterocycles. The lowest BCUT2D eigenvalue weighted by atomic mass is 9.81. The molecule has 0 spiro atoms. The Labute approximate surface area is 123 Å². The molecule has 0 N–H and O–H groups in total. The summed E-state index contributed by atoms with van der Waals surface area (Å²) in [7, 11) is 3.09. The zero-order valence-electron chi connectivity index (χ0n) is 12.3. The van der Waals surface area contributed by atoms with E-state index in [1.165, 1.54) is 12.0 Å². The van der Waals surface area contributed by atoms with Crippen LogP contribution in [-0.4, -0.2) is 26.0 Å². The minimum absolute atomic E-state index is 0.101. The molecule has 2 amide bonds. The molecule has 2 aliphatic rings. The third-order valence-corrected chi connectivity index (χ3v) is 4.47. The van der Waals surface area contributed by atoms with Crippen LogP contribution >= 0.6 is 0 Å². The van der Waals surface area contributed by atoms with E-state index in [4.69, 9.17) is 9.47 Å². The van der Waals surface area contributed by atoms with E-state index >= 15 is 0 Å². The Morgan fingerprint density at radius 1 is 1.00 bits per heavy atom. The third-order valence-electron chi connectivity index (χ3n) is 4.47. The number of rotatable bonds is 3. The van der Waals surface area contributed by atoms with Gasteiger partial charge < -0.3 is 9.47 Å². The number of nitrogens with zero attached hydrogens (tertiary/aromatic N) is 1. The summed E-state index contributed by atoms with van der Waals surface area (Å²) in [6.07, 6.45) is 3.64. The summed E-state index contributed by atoms with van der Waals surface area (Å²) in [5, 5.41) is 0. The van der Waals surface area contributed by atoms with Crippen molar-refractivity contribution in [3.63, 3.8) is 0 Å². The van der Waals surface area contributed by atoms with Gasteiger partial charge in [0.1, 0.15) is 11.5 Å². The second-order valence-corrected chi connectivity index (χ2v) is 5.55. The van der Waals surface area contributed by atoms with Gasteiger partial charge in [0.25, 0.3) is 0 Å². The molecule has 1 aromatic rings. The molecule has 5 heteroatoms. The zero-order valence-corrected chi connectivity index (χ0v) is 12.3. The summed E-state index contributed by atoms with van der Waals surface area (Å²) >= 11 is 0. The number of anilines is 1. The smallest absolute Gasteiger partial charge is 0.237 e. The molecule has 1 aliphatic heterocycles. The standard InChI is InChI=1S/C16H19NO4/c1-20-10-7-8-14(21-2)13(9-10)17-15(18)11-5-3-4-6-12(11)16(17)19/h7-9,11-12H,3-6H2,1-2H3/t11-,12+. The first-order valence-corrected chi connectivity index (χ1v) is 7.27. The highest BCUT2D eigenvalue weighted by molar-refractivity contribution is 6.22. The van der Waals surface area contributed by atoms with Gasteiger partial charge in [0.15, 0.2) is 0 Å². The van der Waals surface area contributed by atoms with Crippen LogP contribution in [0.5, 0.6) is 11.5 Å². The number of hydrogen-bond donors (Lipinski definition) is 0. The van der Waals surface area contributed by atoms with Gasteiger partial charge in [0.05, 0.1) is 31.7 Å². The molecule has 3 rings (SSSR count). The number of benzene rings is 1. The molecule has 0 aromatic heterocycles. The molecular formula is C16H19NO4. The van der Waals surface area contributed by atoms with E-state index in [1.807, 2.05) is 0 Å². The molecular weight excluding hydrogens is 270 g/mol. The maximum Gasteiger partial charge on any atom is 0.237 e. The quantitative estimate of drug-likeness (QED) is 0.802. The second kappa shape index (κ2) is 5.39. The van der Waals surface area contributed by atoms with E-state index in [2.05, 4.69) is 0 Å². The van der Waals surface area contributed by atoms with Crippen molar-refractivity contribution in [1.29, 1.82) is 0 Å². The normalized spacial score (nSPS) is 25.0. The fourth-order valence-electron chi connectivity index (χ4n) is 3.37. The lowest BCUT2D eigenvalue weighted by molar-refractivity contribution is -0.122. The number of hydrogen-bond acceptors (Lipinski definition) is 4. The maximum atomic E-state index is 12.6. The molecule has 1 aliphatic carbocycles. The summed E-state index contributed by atoms with van der Waals surface area (Å²) in [5.74, 6) is 0.578. The Morgan fingerprint density at radius 2 is 1.62 bits per heavy atom. The first-order valence-electron chi connectivity index (χ1n) is 7.27. The van der Waals surface area contributed by atoms with Crippen molar-refractivity contribution in [2.75, 3.05) is 19.1 Å². The molecule has 0 unspecified atom stereocenters. The van der Waals surface area contributed by atoms with Crippen molar-refractivity contribution in [2.45, 2.75) is 25.7 Å². The van der Waals surface area contributed by atoms with Gasteiger partial charge in [-0.15, -0.1) is 0 Å². The Kier molecular flexibility index (Phi) is 3.57. The van der Waals surface area contributed by atoms with Crippen molar-refractivity contribution in [1.82, 2.24) is 0 Å². The number of imide groups is 1. The highest BCUT2D eigenvalue weighted by Gasteiger charge is 2.49. The second-order valence-electron chi connectivity index (χ2n) is 5.55. The van der Waals surface area contributed by atoms with E-state index in [0.29, 0.717) is 17.2 Å². The molecule has 5 nitrogen and oxygen atoms in total. The SMILES string of the molecule is COc1ccc(OC)c(N2C(=O)[C@H]3CCCC[C@H]3C2=O)c1. The van der Waals surface area contributed by atoms with E-state index in [0.717, 1.165) is 25.7 Å². The van der Waals surface area contributed by atoms with Crippen LogP contribution in [0.4, 0.5) is 5.69 Å². The number of carbonyl (C=O) groups excluding carboxylic acids is 2. The largest absolute Gasteiger partial charge is 0.497 e. The number of fused-ring (bicyclic) bond motifs is 1. The fraction of sp³-hybridized carbons (Fsp3) is 0.500. The van der Waals surface area contributed by atoms with Gasteiger partial charge in [0.2, 0.25) is 11.8 Å². The van der Waals surface area contributed by atoms with Gasteiger partial charge in [-0.1, -0.05) is 12.8 Å². The average Bonchev–Trinajstić information content (AvgIpc) is 2.78. The number of ether oxygens (including phenoxy) is 2. The van der Waals surface area contributed by atoms with Crippen LogP contribution in [0.25, 0.3) is 0 Å². The first-order chi connectivity index (χ1) is 10.2. The fourth-order valence-corrected chi connectivity index (χ4v) is 3.37. The molecule has 21 heavy (non-hydrogen) atoms. The Balaban J connectivity index is 2.03. The predicted octanol–water partition coefficient (Wildman–Crippen LogP) is 2.38. The minimum Gasteiger partial charge on any atom is -0.497 e. The van der Waals surface area contributed by atoms with Gasteiger partial charge >= 0.3 is 0 Å². The summed E-state index contributed by atoms with van der Waals surface area (Å²) < 4.78 is 10.5. The van der Waals surface area contributed by atoms with E-state index in [9.17, 15) is 9.59 Å². The van der Waals surface area contributed by atoms with Crippen LogP contribution in [0, 0.1) is 11.8 Å². The van der Waals surface area contributed by atoms with Crippen LogP contribution in [0.2, 0.25) is 0 Å². The van der Waals surface area contributed by atoms with Crippen LogP contribution in [0.1, 0.15) is 25.7 Å². The van der Waals surface area contributed by atoms with Crippen molar-refractivity contribution in [2.24, 2.45) is 11.8 Å². The molecule has 0 bridgehead atoms. The summed E-state index contributed by atoms with van der Waals surface area (Å²) in [4.78, 5) is 26.5. The minimum atomic E-state index is -0.165. The predicted molar refractivity (Wildman–Crippen MR) is 77.5 cm³/mol. The molecule has 2 fully saturated rings. The molecule has 0 radical (unpaired) electrons. The Hall–Kier alpha value is -2.04. The van der Waals surface area contributed by atoms with Crippen molar-refractivity contribution >= 4 is 17.5 Å². The average molecular weight is 289 g/mol. The summed E-state index contributed by atoms with van der Waals surface area (Å²) in [6, 6.07) is 5.16. The van der Waals surface area contributed by atoms with Crippen LogP contribution < -0.4 is 14.4 Å². The molecule has 2 atom stereocenters. The lowest BCUT2D eigenvalue weighted by Gasteiger charge is -2.19. The topological polar surface area (TPSA) is 55.8 Å². The van der Waals surface area contributed by atoms with Gasteiger partial charge in [-0.3, -0.25) is 9.59 Å². The molecule has 112 valence electrons. The molecule has 1 heterocycles. The highest BCUT2D eigenvalue weighted by Crippen LogP contribution is 2.43. The zero-order chi connectivity index (χ0) is 15.0. The third kappa shape index (κ3) is 2.17. The first kappa shape index (κ1) is 13.9. The number of methoxy groups -OCH3 is 2. The van der Waals surface area contributed by atoms with E-state index in [1.54, 1.807) is 25.3 Å². The summed E-state index contributed by atoms with van der Waals surface area (Å²) in [5.41, 5.74) is 0.487. The van der Waals surface area contributed by atoms with Gasteiger partial charge in [-0.25, -0.2) is 4.90 Å². The Bertz CT molecular complexity index is 560. The van der Waals surface area contributed by atoms with Gasteiger partial charge in [-0.05, 0) is 25.0 Å². The van der Waals surface area contributed by atoms with E-state index < -0.39 is 0 Å². The Morgan fingerprint density at radius 3 is 2.14 bits per heavy atom. The van der Waals surface area contributed by atoms with Crippen LogP contribution in [0.3, 0.4) is 0 Å². The van der Waals surface area contributed by atoms with Crippen molar-refractivity contribution in [3.8, 4) is 11.5 Å². The monoisotopic (exact) mass is 289 g/mol. The van der Waals surface area contributed by atoms with Gasteiger partial charge in [-0.2, -0.15) is 0 Å². The van der Waals surface area contributed by atoms with Crippen LogP contribution in [-0.2, 0) is 9.59 Å². The highest BCUT2D eigenvalue weighted by atomic mass is 16.5. The summed E-state index contributed by atoms with van der Waals surface area (Å²) in [6.45, 7) is 0. The molecule has 1 aromatic carbocycles. The molecule has 1 saturated carbocycles. The van der Waals surface area contributed by atoms with Crippen molar-refractivity contribution in [3.05, 3.63) is 18.2 Å². The maximum absolute atomic E-state index is 12.6. The van der Waals surface area contributed by atoms with E-state index in [-0.39, 0.29) is 23.7 Å². The lowest BCUT2D eigenvalue weighted by Crippen LogP contribution is -2.31. The van der Waals surface area contributed by atoms with Gasteiger partial charge in [0, 0.05) is 6.07 Å². The number of amides is 2. The van der Waals surface area contributed by atoms with Crippen molar-refractivity contribution < 1.29 is 19.1 Å². The number of carbonyl (C=O) groups is 2.